The predicted molar refractivity (Wildman–Crippen MR) is 40.9 cm³/mol. The first-order valence-corrected chi connectivity index (χ1v) is 3.94. The number of rotatable bonds is 2. The molecule has 0 radical (unpaired) electrons. The number of hydrogen-bond donors (Lipinski definition) is 1. The number of nitrogens with zero attached hydrogens (tertiary/aromatic N) is 3. The first-order chi connectivity index (χ1) is 5.29. The van der Waals surface area contributed by atoms with Gasteiger partial charge in [-0.3, -0.25) is 0 Å². The third-order valence-corrected chi connectivity index (χ3v) is 1.95. The molecule has 0 bridgehead atoms. The van der Waals surface area contributed by atoms with Crippen molar-refractivity contribution in [2.75, 3.05) is 0 Å². The molecule has 1 fully saturated rings. The van der Waals surface area contributed by atoms with Crippen LogP contribution in [-0.4, -0.2) is 14.8 Å². The Balaban J connectivity index is 2.30. The van der Waals surface area contributed by atoms with Gasteiger partial charge in [-0.15, -0.1) is 10.2 Å². The molecule has 4 nitrogen and oxygen atoms in total. The molecule has 1 aromatic rings. The summed E-state index contributed by atoms with van der Waals surface area (Å²) in [5.41, 5.74) is 5.70. The van der Waals surface area contributed by atoms with Gasteiger partial charge in [-0.2, -0.15) is 0 Å². The highest BCUT2D eigenvalue weighted by molar-refractivity contribution is 4.98. The molecule has 1 saturated carbocycles. The molecule has 1 aromatic heterocycles. The van der Waals surface area contributed by atoms with Gasteiger partial charge in [0.2, 0.25) is 0 Å². The van der Waals surface area contributed by atoms with Crippen LogP contribution in [0.25, 0.3) is 0 Å². The van der Waals surface area contributed by atoms with Gasteiger partial charge in [-0.25, -0.2) is 0 Å². The lowest BCUT2D eigenvalue weighted by molar-refractivity contribution is 0.625. The van der Waals surface area contributed by atoms with E-state index in [0.717, 1.165) is 5.82 Å². The van der Waals surface area contributed by atoms with Gasteiger partial charge in [0.25, 0.3) is 0 Å². The van der Waals surface area contributed by atoms with Crippen molar-refractivity contribution in [2.24, 2.45) is 5.73 Å². The summed E-state index contributed by atoms with van der Waals surface area (Å²) in [6.07, 6.45) is 4.27. The van der Waals surface area contributed by atoms with Crippen LogP contribution in [0.4, 0.5) is 0 Å². The van der Waals surface area contributed by atoms with Crippen LogP contribution in [0.5, 0.6) is 0 Å². The van der Waals surface area contributed by atoms with E-state index in [9.17, 15) is 0 Å². The van der Waals surface area contributed by atoms with E-state index in [0.29, 0.717) is 6.04 Å². The van der Waals surface area contributed by atoms with Gasteiger partial charge in [-0.1, -0.05) is 0 Å². The Kier molecular flexibility index (Phi) is 1.42. The summed E-state index contributed by atoms with van der Waals surface area (Å²) in [5, 5.41) is 7.80. The summed E-state index contributed by atoms with van der Waals surface area (Å²) in [4.78, 5) is 0. The number of hydrogen-bond acceptors (Lipinski definition) is 3. The topological polar surface area (TPSA) is 56.7 Å². The molecular weight excluding hydrogens is 140 g/mol. The van der Waals surface area contributed by atoms with Gasteiger partial charge < -0.3 is 10.3 Å². The maximum atomic E-state index is 5.70. The van der Waals surface area contributed by atoms with E-state index < -0.39 is 0 Å². The zero-order valence-electron chi connectivity index (χ0n) is 6.57. The Morgan fingerprint density at radius 1 is 1.73 bits per heavy atom. The third kappa shape index (κ3) is 1.14. The molecule has 0 saturated heterocycles. The molecule has 1 unspecified atom stereocenters. The molecule has 11 heavy (non-hydrogen) atoms. The van der Waals surface area contributed by atoms with Crippen molar-refractivity contribution in [3.63, 3.8) is 0 Å². The SMILES string of the molecule is CC(N)c1nncn1C1CC1. The summed E-state index contributed by atoms with van der Waals surface area (Å²) in [6.45, 7) is 1.93. The van der Waals surface area contributed by atoms with Crippen molar-refractivity contribution in [3.8, 4) is 0 Å². The fourth-order valence-electron chi connectivity index (χ4n) is 1.21. The van der Waals surface area contributed by atoms with Gasteiger partial charge in [0.1, 0.15) is 12.2 Å². The van der Waals surface area contributed by atoms with Crippen molar-refractivity contribution in [3.05, 3.63) is 12.2 Å². The van der Waals surface area contributed by atoms with Crippen molar-refractivity contribution in [2.45, 2.75) is 31.8 Å². The van der Waals surface area contributed by atoms with Crippen LogP contribution in [0.3, 0.4) is 0 Å². The molecule has 60 valence electrons. The van der Waals surface area contributed by atoms with Crippen molar-refractivity contribution < 1.29 is 0 Å². The minimum Gasteiger partial charge on any atom is -0.322 e. The quantitative estimate of drug-likeness (QED) is 0.676. The molecule has 2 N–H and O–H groups in total. The maximum Gasteiger partial charge on any atom is 0.149 e. The smallest absolute Gasteiger partial charge is 0.149 e. The lowest BCUT2D eigenvalue weighted by atomic mass is 10.3. The summed E-state index contributed by atoms with van der Waals surface area (Å²) >= 11 is 0. The molecule has 0 aromatic carbocycles. The van der Waals surface area contributed by atoms with Gasteiger partial charge in [0, 0.05) is 6.04 Å². The molecule has 2 rings (SSSR count). The largest absolute Gasteiger partial charge is 0.322 e. The standard InChI is InChI=1S/C7H12N4/c1-5(8)7-10-9-4-11(7)6-2-3-6/h4-6H,2-3,8H2,1H3. The lowest BCUT2D eigenvalue weighted by Gasteiger charge is -2.06. The van der Waals surface area contributed by atoms with Crippen LogP contribution < -0.4 is 5.73 Å². The second-order valence-electron chi connectivity index (χ2n) is 3.12. The summed E-state index contributed by atoms with van der Waals surface area (Å²) in [5.74, 6) is 0.910. The second-order valence-corrected chi connectivity index (χ2v) is 3.12. The average Bonchev–Trinajstić information content (AvgIpc) is 2.68. The Hall–Kier alpha value is -0.900. The minimum atomic E-state index is -0.00176. The molecule has 0 aliphatic heterocycles. The van der Waals surface area contributed by atoms with Crippen LogP contribution >= 0.6 is 0 Å². The van der Waals surface area contributed by atoms with Crippen molar-refractivity contribution in [1.82, 2.24) is 14.8 Å². The van der Waals surface area contributed by atoms with Crippen LogP contribution in [0.2, 0.25) is 0 Å². The van der Waals surface area contributed by atoms with Gasteiger partial charge in [0.15, 0.2) is 0 Å². The molecule has 1 atom stereocenters. The second kappa shape index (κ2) is 2.30. The van der Waals surface area contributed by atoms with Crippen molar-refractivity contribution >= 4 is 0 Å². The monoisotopic (exact) mass is 152 g/mol. The molecule has 0 amide bonds. The van der Waals surface area contributed by atoms with Crippen LogP contribution in [0, 0.1) is 0 Å². The van der Waals surface area contributed by atoms with Gasteiger partial charge >= 0.3 is 0 Å². The van der Waals surface area contributed by atoms with Gasteiger partial charge in [-0.05, 0) is 19.8 Å². The third-order valence-electron chi connectivity index (χ3n) is 1.95. The molecule has 4 heteroatoms. The first-order valence-electron chi connectivity index (χ1n) is 3.94. The molecular formula is C7H12N4. The highest BCUT2D eigenvalue weighted by Gasteiger charge is 2.26. The van der Waals surface area contributed by atoms with E-state index in [1.54, 1.807) is 6.33 Å². The molecule has 1 aliphatic rings. The zero-order valence-corrected chi connectivity index (χ0v) is 6.57. The molecule has 1 heterocycles. The Labute approximate surface area is 65.4 Å². The summed E-state index contributed by atoms with van der Waals surface area (Å²) in [6, 6.07) is 0.629. The van der Waals surface area contributed by atoms with Gasteiger partial charge in [0.05, 0.1) is 6.04 Å². The normalized spacial score (nSPS) is 20.2. The van der Waals surface area contributed by atoms with Crippen LogP contribution in [0.1, 0.15) is 37.7 Å². The Morgan fingerprint density at radius 2 is 2.45 bits per heavy atom. The summed E-state index contributed by atoms with van der Waals surface area (Å²) in [7, 11) is 0. The Morgan fingerprint density at radius 3 is 3.00 bits per heavy atom. The van der Waals surface area contributed by atoms with E-state index >= 15 is 0 Å². The zero-order chi connectivity index (χ0) is 7.84. The highest BCUT2D eigenvalue weighted by atomic mass is 15.3. The van der Waals surface area contributed by atoms with Crippen molar-refractivity contribution in [1.29, 1.82) is 0 Å². The van der Waals surface area contributed by atoms with E-state index in [-0.39, 0.29) is 6.04 Å². The fraction of sp³-hybridized carbons (Fsp3) is 0.714. The lowest BCUT2D eigenvalue weighted by Crippen LogP contribution is -2.12. The molecule has 0 spiro atoms. The number of aromatic nitrogens is 3. The molecule has 1 aliphatic carbocycles. The van der Waals surface area contributed by atoms with Crippen LogP contribution in [0.15, 0.2) is 6.33 Å². The van der Waals surface area contributed by atoms with E-state index in [4.69, 9.17) is 5.73 Å². The number of nitrogens with two attached hydrogens (primary N) is 1. The maximum absolute atomic E-state index is 5.70. The van der Waals surface area contributed by atoms with Crippen LogP contribution in [-0.2, 0) is 0 Å². The average molecular weight is 152 g/mol. The van der Waals surface area contributed by atoms with E-state index in [1.165, 1.54) is 12.8 Å². The Bertz CT molecular complexity index is 232. The first kappa shape index (κ1) is 6.79. The fourth-order valence-corrected chi connectivity index (χ4v) is 1.21. The van der Waals surface area contributed by atoms with E-state index in [2.05, 4.69) is 14.8 Å². The predicted octanol–water partition coefficient (Wildman–Crippen LogP) is 0.633. The highest BCUT2D eigenvalue weighted by Crippen LogP contribution is 2.35. The minimum absolute atomic E-state index is 0.00176. The van der Waals surface area contributed by atoms with E-state index in [1.807, 2.05) is 6.92 Å². The summed E-state index contributed by atoms with van der Waals surface area (Å²) < 4.78 is 2.09.